The summed E-state index contributed by atoms with van der Waals surface area (Å²) in [5, 5.41) is 0. The van der Waals surface area contributed by atoms with Crippen LogP contribution in [0.15, 0.2) is 22.4 Å². The highest BCUT2D eigenvalue weighted by Gasteiger charge is 2.72. The molecule has 1 saturated carbocycles. The zero-order valence-corrected chi connectivity index (χ0v) is 24.3. The third-order valence-electron chi connectivity index (χ3n) is 8.42. The zero-order chi connectivity index (χ0) is 27.4. The number of rotatable bonds is 16. The van der Waals surface area contributed by atoms with Crippen molar-refractivity contribution in [3.63, 3.8) is 0 Å². The van der Waals surface area contributed by atoms with Crippen LogP contribution in [0.1, 0.15) is 71.6 Å². The second-order valence-electron chi connectivity index (χ2n) is 10.7. The van der Waals surface area contributed by atoms with Crippen LogP contribution in [-0.4, -0.2) is 65.8 Å². The van der Waals surface area contributed by atoms with E-state index in [9.17, 15) is 19.2 Å². The predicted octanol–water partition coefficient (Wildman–Crippen LogP) is 4.82. The fraction of sp³-hybridized carbons (Fsp3) is 0.714. The third kappa shape index (κ3) is 5.59. The van der Waals surface area contributed by atoms with Crippen molar-refractivity contribution in [2.75, 3.05) is 31.8 Å². The molecule has 2 N–H and O–H groups in total. The molecule has 0 aromatic carbocycles. The van der Waals surface area contributed by atoms with E-state index in [-0.39, 0.29) is 24.1 Å². The van der Waals surface area contributed by atoms with E-state index >= 15 is 0 Å². The molecule has 0 aromatic rings. The summed E-state index contributed by atoms with van der Waals surface area (Å²) in [6.07, 6.45) is 7.09. The van der Waals surface area contributed by atoms with Gasteiger partial charge in [0.05, 0.1) is 11.6 Å². The SMILES string of the molecule is CCCCCCC(=O)CCSSCCCC1=C(C)C(=O)C2=C(C1=O)[C@@H](COC(N)=O)[C@@]1(OC)[C@H]3C[C@H]3CN21. The number of amides is 1. The van der Waals surface area contributed by atoms with Crippen molar-refractivity contribution >= 4 is 45.0 Å². The minimum absolute atomic E-state index is 0.0864. The van der Waals surface area contributed by atoms with Gasteiger partial charge in [-0.3, -0.25) is 14.4 Å². The van der Waals surface area contributed by atoms with Gasteiger partial charge in [-0.15, -0.1) is 0 Å². The Kier molecular flexibility index (Phi) is 9.68. The fourth-order valence-corrected chi connectivity index (χ4v) is 8.57. The maximum atomic E-state index is 13.8. The van der Waals surface area contributed by atoms with Crippen LogP contribution in [-0.2, 0) is 23.9 Å². The molecule has 2 aliphatic carbocycles. The smallest absolute Gasteiger partial charge is 0.404 e. The number of nitrogens with zero attached hydrogens (tertiary/aromatic N) is 1. The van der Waals surface area contributed by atoms with Gasteiger partial charge in [-0.25, -0.2) is 4.79 Å². The van der Waals surface area contributed by atoms with Crippen molar-refractivity contribution in [3.8, 4) is 0 Å². The van der Waals surface area contributed by atoms with E-state index in [1.807, 2.05) is 4.90 Å². The van der Waals surface area contributed by atoms with E-state index in [4.69, 9.17) is 15.2 Å². The molecule has 1 saturated heterocycles. The third-order valence-corrected chi connectivity index (χ3v) is 10.9. The lowest BCUT2D eigenvalue weighted by molar-refractivity contribution is -0.146. The molecule has 4 atom stereocenters. The number of unbranched alkanes of at least 4 members (excludes halogenated alkanes) is 3. The Morgan fingerprint density at radius 2 is 1.84 bits per heavy atom. The summed E-state index contributed by atoms with van der Waals surface area (Å²) in [5.74, 6) is 1.76. The number of methoxy groups -OCH3 is 1. The van der Waals surface area contributed by atoms with Crippen molar-refractivity contribution in [3.05, 3.63) is 22.4 Å². The van der Waals surface area contributed by atoms with E-state index < -0.39 is 17.7 Å². The molecule has 210 valence electrons. The lowest BCUT2D eigenvalue weighted by Crippen LogP contribution is -2.51. The first-order valence-corrected chi connectivity index (χ1v) is 16.3. The lowest BCUT2D eigenvalue weighted by atomic mass is 9.79. The minimum atomic E-state index is -0.906. The van der Waals surface area contributed by atoms with Crippen molar-refractivity contribution in [2.24, 2.45) is 23.5 Å². The Hall–Kier alpha value is -1.78. The molecule has 2 fully saturated rings. The summed E-state index contributed by atoms with van der Waals surface area (Å²) in [5.41, 5.74) is 6.32. The van der Waals surface area contributed by atoms with Crippen LogP contribution < -0.4 is 5.73 Å². The minimum Gasteiger partial charge on any atom is -0.449 e. The first kappa shape index (κ1) is 29.2. The van der Waals surface area contributed by atoms with Crippen LogP contribution >= 0.6 is 21.6 Å². The van der Waals surface area contributed by atoms with Crippen LogP contribution in [0.2, 0.25) is 0 Å². The lowest BCUT2D eigenvalue weighted by Gasteiger charge is -2.40. The molecule has 0 radical (unpaired) electrons. The number of primary amides is 1. The maximum absolute atomic E-state index is 13.8. The normalized spacial score (nSPS) is 27.6. The summed E-state index contributed by atoms with van der Waals surface area (Å²) in [6, 6.07) is 0. The van der Waals surface area contributed by atoms with E-state index in [0.29, 0.717) is 59.9 Å². The number of hydrogen-bond donors (Lipinski definition) is 1. The van der Waals surface area contributed by atoms with Crippen molar-refractivity contribution < 1.29 is 28.7 Å². The van der Waals surface area contributed by atoms with Crippen molar-refractivity contribution in [1.82, 2.24) is 4.90 Å². The molecule has 4 aliphatic rings. The quantitative estimate of drug-likeness (QED) is 0.160. The molecule has 38 heavy (non-hydrogen) atoms. The number of fused-ring (bicyclic) bond motifs is 4. The maximum Gasteiger partial charge on any atom is 0.404 e. The Morgan fingerprint density at radius 3 is 2.55 bits per heavy atom. The van der Waals surface area contributed by atoms with Gasteiger partial charge < -0.3 is 20.1 Å². The molecule has 0 spiro atoms. The number of piperidine rings is 1. The van der Waals surface area contributed by atoms with Gasteiger partial charge in [0.25, 0.3) is 0 Å². The number of hydrogen-bond acceptors (Lipinski definition) is 9. The largest absolute Gasteiger partial charge is 0.449 e. The van der Waals surface area contributed by atoms with Gasteiger partial charge >= 0.3 is 6.09 Å². The van der Waals surface area contributed by atoms with Gasteiger partial charge in [0.1, 0.15) is 12.4 Å². The molecular weight excluding hydrogens is 524 g/mol. The molecule has 0 bridgehead atoms. The predicted molar refractivity (Wildman–Crippen MR) is 149 cm³/mol. The first-order valence-electron chi connectivity index (χ1n) is 13.8. The Bertz CT molecular complexity index is 1040. The average Bonchev–Trinajstić information content (AvgIpc) is 3.50. The van der Waals surface area contributed by atoms with Crippen LogP contribution in [0.5, 0.6) is 0 Å². The highest BCUT2D eigenvalue weighted by Crippen LogP contribution is 2.65. The van der Waals surface area contributed by atoms with Crippen molar-refractivity contribution in [1.29, 1.82) is 0 Å². The summed E-state index contributed by atoms with van der Waals surface area (Å²) < 4.78 is 11.3. The number of carbonyl (C=O) groups excluding carboxylic acids is 4. The van der Waals surface area contributed by atoms with E-state index in [1.165, 1.54) is 12.8 Å². The summed E-state index contributed by atoms with van der Waals surface area (Å²) in [4.78, 5) is 52.8. The topological polar surface area (TPSA) is 116 Å². The second kappa shape index (κ2) is 12.6. The average molecular weight is 565 g/mol. The highest BCUT2D eigenvalue weighted by molar-refractivity contribution is 8.76. The summed E-state index contributed by atoms with van der Waals surface area (Å²) >= 11 is 0. The molecule has 2 heterocycles. The number of ketones is 3. The number of ether oxygens (including phenoxy) is 2. The highest BCUT2D eigenvalue weighted by atomic mass is 33.1. The zero-order valence-electron chi connectivity index (χ0n) is 22.7. The molecule has 2 aliphatic heterocycles. The van der Waals surface area contributed by atoms with Crippen LogP contribution in [0.3, 0.4) is 0 Å². The van der Waals surface area contributed by atoms with Gasteiger partial charge in [-0.05, 0) is 38.5 Å². The number of nitrogens with two attached hydrogens (primary N) is 1. The molecule has 8 nitrogen and oxygen atoms in total. The molecule has 1 amide bonds. The van der Waals surface area contributed by atoms with E-state index in [2.05, 4.69) is 6.92 Å². The van der Waals surface area contributed by atoms with E-state index in [1.54, 1.807) is 35.6 Å². The Morgan fingerprint density at radius 1 is 1.08 bits per heavy atom. The Balaban J connectivity index is 1.32. The fourth-order valence-electron chi connectivity index (χ4n) is 6.45. The molecule has 4 rings (SSSR count). The van der Waals surface area contributed by atoms with Gasteiger partial charge in [-0.1, -0.05) is 47.8 Å². The number of allylic oxidation sites excluding steroid dienone is 2. The molecule has 0 aromatic heterocycles. The second-order valence-corrected chi connectivity index (χ2v) is 13.4. The van der Waals surface area contributed by atoms with Crippen LogP contribution in [0, 0.1) is 17.8 Å². The number of carbonyl (C=O) groups is 4. The van der Waals surface area contributed by atoms with Crippen molar-refractivity contribution in [2.45, 2.75) is 77.4 Å². The van der Waals surface area contributed by atoms with Gasteiger partial charge in [0.15, 0.2) is 11.5 Å². The van der Waals surface area contributed by atoms with Gasteiger partial charge in [0.2, 0.25) is 5.78 Å². The van der Waals surface area contributed by atoms with Gasteiger partial charge in [-0.2, -0.15) is 0 Å². The van der Waals surface area contributed by atoms with Crippen LogP contribution in [0.4, 0.5) is 4.79 Å². The monoisotopic (exact) mass is 564 g/mol. The molecular formula is C28H40N2O6S2. The van der Waals surface area contributed by atoms with E-state index in [0.717, 1.165) is 37.2 Å². The molecule has 10 heteroatoms. The Labute approximate surface area is 233 Å². The number of Topliss-reactive ketones (excluding diaryl/α,β-unsaturated/α-hetero) is 3. The van der Waals surface area contributed by atoms with Crippen LogP contribution in [0.25, 0.3) is 0 Å². The molecule has 0 unspecified atom stereocenters. The summed E-state index contributed by atoms with van der Waals surface area (Å²) in [7, 11) is 5.01. The first-order chi connectivity index (χ1) is 18.3. The van der Waals surface area contributed by atoms with Gasteiger partial charge in [0, 0.05) is 60.6 Å². The standard InChI is InChI=1S/C28H40N2O6S2/c1-4-5-6-7-9-19(31)11-13-38-37-12-8-10-20-17(2)25(32)24-23(26(20)33)22(16-36-27(29)34)28(35-3)21-14-18(21)15-30(24)28/h18,21-22H,4-16H2,1-3H3,(H2,29,34)/t18-,21-,22+,28-/m0/s1. The summed E-state index contributed by atoms with van der Waals surface area (Å²) in [6.45, 7) is 4.49.